The van der Waals surface area contributed by atoms with E-state index in [1.165, 1.54) is 50.5 Å². The topological polar surface area (TPSA) is 57.5 Å². The minimum absolute atomic E-state index is 0.00664. The second-order valence-corrected chi connectivity index (χ2v) is 13.2. The van der Waals surface area contributed by atoms with Crippen molar-refractivity contribution in [2.45, 2.75) is 136 Å². The molecule has 1 aromatic carbocycles. The molecular weight excluding hydrogens is 403 g/mol. The van der Waals surface area contributed by atoms with Crippen LogP contribution in [0.4, 0.5) is 0 Å². The summed E-state index contributed by atoms with van der Waals surface area (Å²) in [6.07, 6.45) is 12.8. The van der Waals surface area contributed by atoms with Gasteiger partial charge in [-0.05, 0) is 33.9 Å². The largest absolute Gasteiger partial charge is 0.332 e. The highest BCUT2D eigenvalue weighted by Crippen LogP contribution is 2.56. The maximum Gasteiger partial charge on any atom is 0.332 e. The summed E-state index contributed by atoms with van der Waals surface area (Å²) < 4.78 is 12.5. The van der Waals surface area contributed by atoms with E-state index in [-0.39, 0.29) is 10.8 Å². The van der Waals surface area contributed by atoms with E-state index >= 15 is 0 Å². The molecule has 0 aromatic heterocycles. The number of hydrogen-bond acceptors (Lipinski definition) is 1. The molecular formula is C27H49O3P. The van der Waals surface area contributed by atoms with Gasteiger partial charge in [0.05, 0.1) is 5.66 Å². The fraction of sp³-hybridized carbons (Fsp3) is 0.778. The van der Waals surface area contributed by atoms with Gasteiger partial charge >= 0.3 is 7.60 Å². The van der Waals surface area contributed by atoms with Gasteiger partial charge in [0, 0.05) is 0 Å². The van der Waals surface area contributed by atoms with Crippen LogP contribution in [-0.4, -0.2) is 9.79 Å². The van der Waals surface area contributed by atoms with Crippen LogP contribution in [0.1, 0.15) is 141 Å². The molecule has 180 valence electrons. The monoisotopic (exact) mass is 452 g/mol. The molecule has 31 heavy (non-hydrogen) atoms. The van der Waals surface area contributed by atoms with Gasteiger partial charge in [-0.2, -0.15) is 0 Å². The second-order valence-electron chi connectivity index (χ2n) is 11.4. The molecule has 1 atom stereocenters. The Morgan fingerprint density at radius 2 is 1.26 bits per heavy atom. The summed E-state index contributed by atoms with van der Waals surface area (Å²) in [6, 6.07) is 6.23. The van der Waals surface area contributed by atoms with Gasteiger partial charge in [0.25, 0.3) is 0 Å². The average molecular weight is 453 g/mol. The first-order chi connectivity index (χ1) is 14.3. The molecule has 0 saturated heterocycles. The lowest BCUT2D eigenvalue weighted by Crippen LogP contribution is -2.20. The Bertz CT molecular complexity index is 691. The molecule has 0 fully saturated rings. The molecule has 4 heteroatoms. The van der Waals surface area contributed by atoms with Crippen LogP contribution in [0.2, 0.25) is 0 Å². The van der Waals surface area contributed by atoms with Crippen molar-refractivity contribution in [2.24, 2.45) is 0 Å². The standard InChI is InChI=1S/C27H49O3P/c1-8-9-10-11-12-13-14-15-16-17-18-25(31(28,29)30)23-20-19-22(26(2,3)4)21-24(23)27(5,6)7/h19-21,25H,8-18H2,1-7H3,(H2,28,29,30). The van der Waals surface area contributed by atoms with Crippen LogP contribution in [0.25, 0.3) is 0 Å². The molecule has 0 amide bonds. The highest BCUT2D eigenvalue weighted by Gasteiger charge is 2.34. The lowest BCUT2D eigenvalue weighted by Gasteiger charge is -2.31. The van der Waals surface area contributed by atoms with E-state index in [0.717, 1.165) is 30.4 Å². The smallest absolute Gasteiger partial charge is 0.324 e. The summed E-state index contributed by atoms with van der Waals surface area (Å²) in [7, 11) is -4.23. The van der Waals surface area contributed by atoms with Gasteiger partial charge in [0.2, 0.25) is 0 Å². The van der Waals surface area contributed by atoms with Crippen molar-refractivity contribution in [3.05, 3.63) is 34.9 Å². The lowest BCUT2D eigenvalue weighted by molar-refractivity contribution is 0.352. The molecule has 0 spiro atoms. The lowest BCUT2D eigenvalue weighted by atomic mass is 9.77. The fourth-order valence-electron chi connectivity index (χ4n) is 4.29. The van der Waals surface area contributed by atoms with E-state index in [1.807, 2.05) is 6.07 Å². The molecule has 1 rings (SSSR count). The minimum Gasteiger partial charge on any atom is -0.324 e. The first-order valence-corrected chi connectivity index (χ1v) is 14.2. The summed E-state index contributed by atoms with van der Waals surface area (Å²) in [5, 5.41) is 0. The van der Waals surface area contributed by atoms with E-state index in [2.05, 4.69) is 60.6 Å². The summed E-state index contributed by atoms with van der Waals surface area (Å²) in [5.41, 5.74) is 2.26. The Hall–Kier alpha value is -0.630. The van der Waals surface area contributed by atoms with Gasteiger partial charge in [-0.15, -0.1) is 0 Å². The molecule has 1 aromatic rings. The molecule has 0 heterocycles. The van der Waals surface area contributed by atoms with Crippen molar-refractivity contribution in [1.29, 1.82) is 0 Å². The average Bonchev–Trinajstić information content (AvgIpc) is 2.63. The third kappa shape index (κ3) is 10.2. The van der Waals surface area contributed by atoms with E-state index in [4.69, 9.17) is 0 Å². The van der Waals surface area contributed by atoms with Crippen molar-refractivity contribution in [3.8, 4) is 0 Å². The van der Waals surface area contributed by atoms with Crippen LogP contribution >= 0.6 is 7.60 Å². The van der Waals surface area contributed by atoms with Crippen LogP contribution < -0.4 is 0 Å². The fourth-order valence-corrected chi connectivity index (χ4v) is 5.40. The highest BCUT2D eigenvalue weighted by molar-refractivity contribution is 7.52. The molecule has 0 aliphatic heterocycles. The van der Waals surface area contributed by atoms with Gasteiger partial charge in [0.1, 0.15) is 0 Å². The van der Waals surface area contributed by atoms with Crippen LogP contribution in [0, 0.1) is 0 Å². The zero-order chi connectivity index (χ0) is 23.7. The Morgan fingerprint density at radius 3 is 1.68 bits per heavy atom. The quantitative estimate of drug-likeness (QED) is 0.232. The van der Waals surface area contributed by atoms with Crippen LogP contribution in [-0.2, 0) is 15.4 Å². The molecule has 1 unspecified atom stereocenters. The van der Waals surface area contributed by atoms with Gasteiger partial charge in [-0.3, -0.25) is 4.57 Å². The Balaban J connectivity index is 2.80. The zero-order valence-corrected chi connectivity index (χ0v) is 22.2. The number of hydrogen-bond donors (Lipinski definition) is 2. The summed E-state index contributed by atoms with van der Waals surface area (Å²) in [5.74, 6) is 0. The Kier molecular flexibility index (Phi) is 11.5. The molecule has 0 bridgehead atoms. The third-order valence-corrected chi connectivity index (χ3v) is 7.67. The second kappa shape index (κ2) is 12.6. The first kappa shape index (κ1) is 28.4. The van der Waals surface area contributed by atoms with Gasteiger partial charge < -0.3 is 9.79 Å². The number of benzene rings is 1. The Labute approximate surface area is 192 Å². The summed E-state index contributed by atoms with van der Waals surface area (Å²) in [4.78, 5) is 20.4. The van der Waals surface area contributed by atoms with Gasteiger partial charge in [-0.25, -0.2) is 0 Å². The SMILES string of the molecule is CCCCCCCCCCCCC(c1ccc(C(C)(C)C)cc1C(C)(C)C)P(=O)(O)O. The summed E-state index contributed by atoms with van der Waals surface area (Å²) >= 11 is 0. The summed E-state index contributed by atoms with van der Waals surface area (Å²) in [6.45, 7) is 15.2. The first-order valence-electron chi connectivity index (χ1n) is 12.5. The van der Waals surface area contributed by atoms with E-state index in [9.17, 15) is 14.4 Å². The van der Waals surface area contributed by atoms with Crippen LogP contribution in [0.5, 0.6) is 0 Å². The minimum atomic E-state index is -4.23. The molecule has 2 N–H and O–H groups in total. The number of unbranched alkanes of at least 4 members (excludes halogenated alkanes) is 9. The maximum atomic E-state index is 12.5. The van der Waals surface area contributed by atoms with Crippen molar-refractivity contribution < 1.29 is 14.4 Å². The van der Waals surface area contributed by atoms with E-state index in [1.54, 1.807) is 0 Å². The van der Waals surface area contributed by atoms with Crippen molar-refractivity contribution >= 4 is 7.60 Å². The van der Waals surface area contributed by atoms with Crippen molar-refractivity contribution in [3.63, 3.8) is 0 Å². The van der Waals surface area contributed by atoms with E-state index in [0.29, 0.717) is 6.42 Å². The molecule has 3 nitrogen and oxygen atoms in total. The van der Waals surface area contributed by atoms with E-state index < -0.39 is 13.3 Å². The molecule has 0 aliphatic carbocycles. The Morgan fingerprint density at radius 1 is 0.774 bits per heavy atom. The van der Waals surface area contributed by atoms with Gasteiger partial charge in [-0.1, -0.05) is 131 Å². The van der Waals surface area contributed by atoms with Crippen molar-refractivity contribution in [2.75, 3.05) is 0 Å². The predicted molar refractivity (Wildman–Crippen MR) is 135 cm³/mol. The molecule has 0 radical (unpaired) electrons. The molecule has 0 saturated carbocycles. The third-order valence-electron chi connectivity index (χ3n) is 6.32. The van der Waals surface area contributed by atoms with Gasteiger partial charge in [0.15, 0.2) is 0 Å². The van der Waals surface area contributed by atoms with Crippen LogP contribution in [0.3, 0.4) is 0 Å². The van der Waals surface area contributed by atoms with Crippen molar-refractivity contribution in [1.82, 2.24) is 0 Å². The predicted octanol–water partition coefficient (Wildman–Crippen LogP) is 8.81. The molecule has 0 aliphatic rings. The maximum absolute atomic E-state index is 12.5. The zero-order valence-electron chi connectivity index (χ0n) is 21.3. The highest BCUT2D eigenvalue weighted by atomic mass is 31.2. The number of rotatable bonds is 13. The normalized spacial score (nSPS) is 14.1. The van der Waals surface area contributed by atoms with Crippen LogP contribution in [0.15, 0.2) is 18.2 Å².